The molecule has 0 aromatic heterocycles. The highest BCUT2D eigenvalue weighted by molar-refractivity contribution is 4.97. The van der Waals surface area contributed by atoms with Crippen LogP contribution >= 0.6 is 0 Å². The Hall–Kier alpha value is -0.0800. The average molecular weight is 224 g/mol. The van der Waals surface area contributed by atoms with Gasteiger partial charge in [-0.2, -0.15) is 0 Å². The highest BCUT2D eigenvalue weighted by Crippen LogP contribution is 2.32. The number of unbranched alkanes of at least 4 members (excludes halogenated alkanes) is 1. The first-order valence-corrected chi connectivity index (χ1v) is 7.22. The van der Waals surface area contributed by atoms with Crippen LogP contribution in [-0.4, -0.2) is 25.2 Å². The molecule has 0 aromatic carbocycles. The second-order valence-electron chi connectivity index (χ2n) is 6.14. The molecular formula is C14H28N2. The Balaban J connectivity index is 1.46. The normalized spacial score (nSPS) is 32.8. The molecular weight excluding hydrogens is 196 g/mol. The maximum Gasteiger partial charge on any atom is 0.0111 e. The lowest BCUT2D eigenvalue weighted by molar-refractivity contribution is 0.380. The summed E-state index contributed by atoms with van der Waals surface area (Å²) in [5.41, 5.74) is 0. The molecule has 2 rings (SSSR count). The van der Waals surface area contributed by atoms with E-state index >= 15 is 0 Å². The topological polar surface area (TPSA) is 24.1 Å². The Kier molecular flexibility index (Phi) is 4.66. The molecule has 2 fully saturated rings. The monoisotopic (exact) mass is 224 g/mol. The maximum absolute atomic E-state index is 3.70. The molecule has 2 saturated heterocycles. The first-order valence-electron chi connectivity index (χ1n) is 7.22. The summed E-state index contributed by atoms with van der Waals surface area (Å²) in [5, 5.41) is 7.35. The first-order chi connectivity index (χ1) is 7.75. The number of rotatable bonds is 7. The second kappa shape index (κ2) is 6.02. The SMILES string of the molecule is CC(C)CCCCNCC1CC2CCC1N2. The van der Waals surface area contributed by atoms with Gasteiger partial charge in [0.1, 0.15) is 0 Å². The zero-order valence-electron chi connectivity index (χ0n) is 11.0. The molecule has 2 N–H and O–H groups in total. The predicted molar refractivity (Wildman–Crippen MR) is 69.6 cm³/mol. The zero-order chi connectivity index (χ0) is 11.4. The minimum absolute atomic E-state index is 0.841. The largest absolute Gasteiger partial charge is 0.316 e. The molecule has 3 atom stereocenters. The molecule has 2 aliphatic heterocycles. The molecule has 2 heteroatoms. The van der Waals surface area contributed by atoms with Crippen molar-refractivity contribution in [2.24, 2.45) is 11.8 Å². The van der Waals surface area contributed by atoms with Gasteiger partial charge in [-0.3, -0.25) is 0 Å². The molecule has 2 nitrogen and oxygen atoms in total. The summed E-state index contributed by atoms with van der Waals surface area (Å²) in [6, 6.07) is 1.70. The number of fused-ring (bicyclic) bond motifs is 2. The first kappa shape index (κ1) is 12.4. The van der Waals surface area contributed by atoms with Crippen LogP contribution in [0.1, 0.15) is 52.4 Å². The van der Waals surface area contributed by atoms with Gasteiger partial charge in [-0.05, 0) is 50.6 Å². The summed E-state index contributed by atoms with van der Waals surface area (Å²) in [6.45, 7) is 7.10. The molecule has 2 heterocycles. The van der Waals surface area contributed by atoms with E-state index in [9.17, 15) is 0 Å². The van der Waals surface area contributed by atoms with E-state index in [-0.39, 0.29) is 0 Å². The van der Waals surface area contributed by atoms with E-state index in [1.807, 2.05) is 0 Å². The molecule has 0 radical (unpaired) electrons. The molecule has 0 amide bonds. The fraction of sp³-hybridized carbons (Fsp3) is 1.00. The van der Waals surface area contributed by atoms with Crippen LogP contribution in [0.25, 0.3) is 0 Å². The van der Waals surface area contributed by atoms with Crippen LogP contribution in [0.2, 0.25) is 0 Å². The van der Waals surface area contributed by atoms with Gasteiger partial charge in [0.25, 0.3) is 0 Å². The molecule has 3 unspecified atom stereocenters. The fourth-order valence-electron chi connectivity index (χ4n) is 3.25. The lowest BCUT2D eigenvalue weighted by Gasteiger charge is -2.20. The zero-order valence-corrected chi connectivity index (χ0v) is 11.0. The van der Waals surface area contributed by atoms with E-state index in [1.165, 1.54) is 51.6 Å². The Bertz CT molecular complexity index is 203. The quantitative estimate of drug-likeness (QED) is 0.649. The van der Waals surface area contributed by atoms with E-state index < -0.39 is 0 Å². The van der Waals surface area contributed by atoms with Crippen LogP contribution in [0.5, 0.6) is 0 Å². The van der Waals surface area contributed by atoms with E-state index in [2.05, 4.69) is 24.5 Å². The van der Waals surface area contributed by atoms with Gasteiger partial charge in [-0.25, -0.2) is 0 Å². The highest BCUT2D eigenvalue weighted by Gasteiger charge is 2.38. The van der Waals surface area contributed by atoms with Gasteiger partial charge >= 0.3 is 0 Å². The molecule has 2 aliphatic rings. The van der Waals surface area contributed by atoms with Crippen LogP contribution in [-0.2, 0) is 0 Å². The minimum atomic E-state index is 0.841. The van der Waals surface area contributed by atoms with Gasteiger partial charge < -0.3 is 10.6 Å². The maximum atomic E-state index is 3.70. The standard InChI is InChI=1S/C14H28N2/c1-11(2)5-3-4-8-15-10-12-9-13-6-7-14(12)16-13/h11-16H,3-10H2,1-2H3. The molecule has 16 heavy (non-hydrogen) atoms. The number of nitrogens with one attached hydrogen (secondary N) is 2. The average Bonchev–Trinajstić information content (AvgIpc) is 2.84. The second-order valence-corrected chi connectivity index (χ2v) is 6.14. The summed E-state index contributed by atoms with van der Waals surface area (Å²) >= 11 is 0. The van der Waals surface area contributed by atoms with Crippen molar-refractivity contribution in [3.05, 3.63) is 0 Å². The van der Waals surface area contributed by atoms with Gasteiger partial charge in [-0.15, -0.1) is 0 Å². The summed E-state index contributed by atoms with van der Waals surface area (Å²) in [5.74, 6) is 1.79. The number of hydrogen-bond acceptors (Lipinski definition) is 2. The molecule has 0 spiro atoms. The van der Waals surface area contributed by atoms with Gasteiger partial charge in [0.15, 0.2) is 0 Å². The molecule has 0 aromatic rings. The third kappa shape index (κ3) is 3.46. The van der Waals surface area contributed by atoms with Crippen molar-refractivity contribution in [1.82, 2.24) is 10.6 Å². The number of hydrogen-bond donors (Lipinski definition) is 2. The molecule has 0 saturated carbocycles. The van der Waals surface area contributed by atoms with Crippen molar-refractivity contribution in [1.29, 1.82) is 0 Å². The van der Waals surface area contributed by atoms with E-state index in [1.54, 1.807) is 0 Å². The van der Waals surface area contributed by atoms with Crippen molar-refractivity contribution in [2.45, 2.75) is 64.5 Å². The lowest BCUT2D eigenvalue weighted by Crippen LogP contribution is -2.32. The minimum Gasteiger partial charge on any atom is -0.316 e. The Morgan fingerprint density at radius 2 is 2.12 bits per heavy atom. The Morgan fingerprint density at radius 1 is 1.25 bits per heavy atom. The van der Waals surface area contributed by atoms with Crippen molar-refractivity contribution >= 4 is 0 Å². The smallest absolute Gasteiger partial charge is 0.0111 e. The Labute approximate surface area is 101 Å². The van der Waals surface area contributed by atoms with Gasteiger partial charge in [0.05, 0.1) is 0 Å². The fourth-order valence-corrected chi connectivity index (χ4v) is 3.25. The molecule has 94 valence electrons. The van der Waals surface area contributed by atoms with E-state index in [0.29, 0.717) is 0 Å². The Morgan fingerprint density at radius 3 is 2.75 bits per heavy atom. The predicted octanol–water partition coefficient (Wildman–Crippen LogP) is 2.54. The van der Waals surface area contributed by atoms with Crippen molar-refractivity contribution in [3.8, 4) is 0 Å². The van der Waals surface area contributed by atoms with Crippen molar-refractivity contribution in [3.63, 3.8) is 0 Å². The highest BCUT2D eigenvalue weighted by atomic mass is 15.0. The summed E-state index contributed by atoms with van der Waals surface area (Å²) < 4.78 is 0. The van der Waals surface area contributed by atoms with Gasteiger partial charge in [0.2, 0.25) is 0 Å². The summed E-state index contributed by atoms with van der Waals surface area (Å²) in [4.78, 5) is 0. The van der Waals surface area contributed by atoms with Crippen LogP contribution < -0.4 is 10.6 Å². The van der Waals surface area contributed by atoms with E-state index in [0.717, 1.165) is 23.9 Å². The third-order valence-corrected chi connectivity index (χ3v) is 4.22. The summed E-state index contributed by atoms with van der Waals surface area (Å²) in [6.07, 6.45) is 8.40. The molecule has 2 bridgehead atoms. The van der Waals surface area contributed by atoms with Gasteiger partial charge in [-0.1, -0.05) is 26.7 Å². The summed E-state index contributed by atoms with van der Waals surface area (Å²) in [7, 11) is 0. The lowest BCUT2D eigenvalue weighted by atomic mass is 9.89. The molecule has 0 aliphatic carbocycles. The third-order valence-electron chi connectivity index (χ3n) is 4.22. The van der Waals surface area contributed by atoms with E-state index in [4.69, 9.17) is 0 Å². The van der Waals surface area contributed by atoms with Crippen LogP contribution in [0.15, 0.2) is 0 Å². The van der Waals surface area contributed by atoms with Crippen LogP contribution in [0, 0.1) is 11.8 Å². The van der Waals surface area contributed by atoms with Crippen LogP contribution in [0.3, 0.4) is 0 Å². The van der Waals surface area contributed by atoms with Crippen LogP contribution in [0.4, 0.5) is 0 Å². The van der Waals surface area contributed by atoms with Crippen molar-refractivity contribution < 1.29 is 0 Å². The van der Waals surface area contributed by atoms with Gasteiger partial charge in [0, 0.05) is 12.1 Å². The van der Waals surface area contributed by atoms with Crippen molar-refractivity contribution in [2.75, 3.05) is 13.1 Å².